The number of nitrogen functional groups attached to an aromatic ring is 1. The average Bonchev–Trinajstić information content (AvgIpc) is 3.40. The second-order valence-electron chi connectivity index (χ2n) is 6.32. The van der Waals surface area contributed by atoms with Crippen LogP contribution >= 0.6 is 23.1 Å². The first-order valence-corrected chi connectivity index (χ1v) is 9.98. The smallest absolute Gasteiger partial charge is 0.543 e. The van der Waals surface area contributed by atoms with E-state index in [2.05, 4.69) is 15.5 Å². The van der Waals surface area contributed by atoms with Crippen molar-refractivity contribution in [2.45, 2.75) is 24.3 Å². The van der Waals surface area contributed by atoms with E-state index in [1.165, 1.54) is 22.0 Å². The number of carbonyl (C=O) groups is 3. The Morgan fingerprint density at radius 2 is 2.14 bits per heavy atom. The van der Waals surface area contributed by atoms with Crippen molar-refractivity contribution in [3.63, 3.8) is 0 Å². The molecular formula is C15H14N5NaO5S2. The van der Waals surface area contributed by atoms with Crippen molar-refractivity contribution in [1.82, 2.24) is 15.2 Å². The summed E-state index contributed by atoms with van der Waals surface area (Å²) in [5.74, 6) is -2.05. The molecule has 1 aliphatic carbocycles. The zero-order valence-corrected chi connectivity index (χ0v) is 18.4. The van der Waals surface area contributed by atoms with E-state index in [0.717, 1.165) is 29.8 Å². The fraction of sp³-hybridized carbons (Fsp3) is 0.400. The van der Waals surface area contributed by atoms with E-state index in [1.807, 2.05) is 0 Å². The Hall–Kier alpha value is -1.60. The van der Waals surface area contributed by atoms with Crippen LogP contribution < -0.4 is 45.7 Å². The van der Waals surface area contributed by atoms with Gasteiger partial charge in [-0.05, 0) is 24.3 Å². The molecule has 0 unspecified atom stereocenters. The maximum Gasteiger partial charge on any atom is 1.00 e. The summed E-state index contributed by atoms with van der Waals surface area (Å²) in [4.78, 5) is 41.6. The van der Waals surface area contributed by atoms with Gasteiger partial charge in [0.1, 0.15) is 17.1 Å². The molecule has 4 N–H and O–H groups in total. The van der Waals surface area contributed by atoms with Crippen molar-refractivity contribution in [2.24, 2.45) is 11.1 Å². The molecule has 1 saturated heterocycles. The van der Waals surface area contributed by atoms with E-state index in [4.69, 9.17) is 10.9 Å². The number of thioether (sulfide) groups is 1. The Morgan fingerprint density at radius 3 is 2.68 bits per heavy atom. The van der Waals surface area contributed by atoms with Crippen LogP contribution in [-0.4, -0.2) is 55.8 Å². The van der Waals surface area contributed by atoms with Gasteiger partial charge in [0.25, 0.3) is 11.8 Å². The summed E-state index contributed by atoms with van der Waals surface area (Å²) in [7, 11) is 0. The molecule has 0 bridgehead atoms. The van der Waals surface area contributed by atoms with E-state index in [-0.39, 0.29) is 57.7 Å². The number of aromatic nitrogens is 1. The molecule has 10 nitrogen and oxygen atoms in total. The molecule has 1 aromatic heterocycles. The van der Waals surface area contributed by atoms with Gasteiger partial charge in [-0.1, -0.05) is 5.16 Å². The number of anilines is 1. The van der Waals surface area contributed by atoms with E-state index >= 15 is 0 Å². The van der Waals surface area contributed by atoms with Crippen LogP contribution in [0.3, 0.4) is 0 Å². The topological polar surface area (TPSA) is 161 Å². The minimum absolute atomic E-state index is 0. The summed E-state index contributed by atoms with van der Waals surface area (Å²) in [6.45, 7) is 0. The molecule has 0 radical (unpaired) electrons. The van der Waals surface area contributed by atoms with Crippen LogP contribution in [0.15, 0.2) is 21.8 Å². The summed E-state index contributed by atoms with van der Waals surface area (Å²) in [6.07, 6.45) is 1.82. The van der Waals surface area contributed by atoms with Crippen LogP contribution in [0.25, 0.3) is 0 Å². The molecule has 1 aromatic rings. The predicted octanol–water partition coefficient (Wildman–Crippen LogP) is -4.28. The Bertz CT molecular complexity index is 912. The third kappa shape index (κ3) is 3.54. The molecule has 0 aromatic carbocycles. The Labute approximate surface area is 189 Å². The number of hydrogen-bond donors (Lipinski definition) is 3. The Kier molecular flexibility index (Phi) is 6.05. The van der Waals surface area contributed by atoms with Gasteiger partial charge in [-0.2, -0.15) is 0 Å². The number of nitrogens with zero attached hydrogens (tertiary/aromatic N) is 3. The van der Waals surface area contributed by atoms with Crippen molar-refractivity contribution in [3.05, 3.63) is 22.3 Å². The molecule has 0 spiro atoms. The number of aliphatic carboxylic acids is 1. The number of carboxylic acids is 1. The average molecular weight is 431 g/mol. The third-order valence-electron chi connectivity index (χ3n) is 4.63. The summed E-state index contributed by atoms with van der Waals surface area (Å²) in [5.41, 5.74) is 5.89. The second-order valence-corrected chi connectivity index (χ2v) is 8.31. The summed E-state index contributed by atoms with van der Waals surface area (Å²) in [5, 5.41) is 27.2. The fourth-order valence-electron chi connectivity index (χ4n) is 3.19. The molecule has 142 valence electrons. The first kappa shape index (κ1) is 21.1. The minimum atomic E-state index is -1.38. The van der Waals surface area contributed by atoms with Crippen molar-refractivity contribution < 1.29 is 54.3 Å². The van der Waals surface area contributed by atoms with E-state index in [0.29, 0.717) is 5.75 Å². The number of nitrogens with one attached hydrogen (secondary N) is 1. The first-order chi connectivity index (χ1) is 12.9. The third-order valence-corrected chi connectivity index (χ3v) is 6.60. The number of carbonyl (C=O) groups excluding carboxylic acids is 3. The number of carboxylic acid groups (broad SMARTS) is 1. The SMILES string of the molecule is Nc1nc(/C(=N/O)C(=O)N[C@@H]2C(=O)N3C(C(=O)[O-])=C(C4CC4)CS[C@H]23)cs1.[Na+]. The number of fused-ring (bicyclic) bond motifs is 1. The molecule has 2 aliphatic heterocycles. The normalized spacial score (nSPS) is 24.2. The number of rotatable bonds is 5. The molecule has 13 heteroatoms. The van der Waals surface area contributed by atoms with Crippen LogP contribution in [0.4, 0.5) is 5.13 Å². The zero-order valence-electron chi connectivity index (χ0n) is 14.7. The Morgan fingerprint density at radius 1 is 1.43 bits per heavy atom. The van der Waals surface area contributed by atoms with E-state index in [1.54, 1.807) is 0 Å². The first-order valence-electron chi connectivity index (χ1n) is 8.05. The van der Waals surface area contributed by atoms with Crippen molar-refractivity contribution in [2.75, 3.05) is 11.5 Å². The number of hydrogen-bond acceptors (Lipinski definition) is 10. The number of amides is 2. The number of oxime groups is 1. The maximum absolute atomic E-state index is 12.5. The van der Waals surface area contributed by atoms with Gasteiger partial charge in [0.2, 0.25) is 0 Å². The summed E-state index contributed by atoms with van der Waals surface area (Å²) < 4.78 is 0. The maximum atomic E-state index is 12.5. The molecule has 2 fully saturated rings. The Balaban J connectivity index is 0.00000225. The quantitative estimate of drug-likeness (QED) is 0.139. The predicted molar refractivity (Wildman–Crippen MR) is 94.6 cm³/mol. The van der Waals surface area contributed by atoms with Crippen LogP contribution in [0.2, 0.25) is 0 Å². The summed E-state index contributed by atoms with van der Waals surface area (Å²) in [6, 6.07) is -0.926. The number of thiazole rings is 1. The zero-order chi connectivity index (χ0) is 19.3. The molecule has 2 atom stereocenters. The van der Waals surface area contributed by atoms with Gasteiger partial charge in [0, 0.05) is 11.1 Å². The molecule has 4 rings (SSSR count). The monoisotopic (exact) mass is 431 g/mol. The van der Waals surface area contributed by atoms with Gasteiger partial charge < -0.3 is 26.2 Å². The van der Waals surface area contributed by atoms with Crippen molar-refractivity contribution >= 4 is 51.7 Å². The number of β-lactam (4-membered cyclic amide) rings is 1. The van der Waals surface area contributed by atoms with Gasteiger partial charge in [-0.25, -0.2) is 4.98 Å². The van der Waals surface area contributed by atoms with Crippen molar-refractivity contribution in [3.8, 4) is 0 Å². The van der Waals surface area contributed by atoms with Crippen LogP contribution in [0.5, 0.6) is 0 Å². The van der Waals surface area contributed by atoms with E-state index in [9.17, 15) is 19.5 Å². The van der Waals surface area contributed by atoms with Gasteiger partial charge >= 0.3 is 29.6 Å². The van der Waals surface area contributed by atoms with E-state index < -0.39 is 29.2 Å². The molecule has 3 aliphatic rings. The number of nitrogens with two attached hydrogens (primary N) is 1. The fourth-order valence-corrected chi connectivity index (χ4v) is 5.20. The molecular weight excluding hydrogens is 417 g/mol. The van der Waals surface area contributed by atoms with Gasteiger partial charge in [0.15, 0.2) is 10.8 Å². The van der Waals surface area contributed by atoms with Crippen LogP contribution in [0, 0.1) is 5.92 Å². The standard InChI is InChI=1S/C15H15N5O5S2.Na/c16-15-17-7(4-27-15)8(19-25)11(21)18-9-12(22)20-10(14(23)24)6(5-1-2-5)3-26-13(9)20;/h4-5,9,13,25H,1-3H2,(H2,16,17)(H,18,21)(H,23,24);/q;+1/p-1/b19-8-;/t9-,13-;/m1./s1. The molecule has 2 amide bonds. The molecule has 28 heavy (non-hydrogen) atoms. The summed E-state index contributed by atoms with van der Waals surface area (Å²) >= 11 is 2.46. The van der Waals surface area contributed by atoms with Crippen LogP contribution in [0.1, 0.15) is 18.5 Å². The van der Waals surface area contributed by atoms with Gasteiger partial charge in [-0.3, -0.25) is 14.5 Å². The largest absolute Gasteiger partial charge is 1.00 e. The molecule has 1 saturated carbocycles. The van der Waals surface area contributed by atoms with Gasteiger partial charge in [-0.15, -0.1) is 23.1 Å². The minimum Gasteiger partial charge on any atom is -0.543 e. The van der Waals surface area contributed by atoms with Gasteiger partial charge in [0.05, 0.1) is 11.7 Å². The molecule has 3 heterocycles. The van der Waals surface area contributed by atoms with Crippen LogP contribution in [-0.2, 0) is 14.4 Å². The van der Waals surface area contributed by atoms with Crippen molar-refractivity contribution in [1.29, 1.82) is 0 Å². The second kappa shape index (κ2) is 8.03.